The van der Waals surface area contributed by atoms with Crippen LogP contribution in [0.25, 0.3) is 10.8 Å². The number of carboxylic acids is 1. The highest BCUT2D eigenvalue weighted by molar-refractivity contribution is 6.05. The summed E-state index contributed by atoms with van der Waals surface area (Å²) in [4.78, 5) is 28.3. The summed E-state index contributed by atoms with van der Waals surface area (Å²) in [6, 6.07) is 15.2. The molecule has 0 aliphatic heterocycles. The molecular formula is C23H22N2O4. The van der Waals surface area contributed by atoms with Crippen LogP contribution in [-0.4, -0.2) is 34.1 Å². The van der Waals surface area contributed by atoms with E-state index in [1.54, 1.807) is 18.5 Å². The lowest BCUT2D eigenvalue weighted by atomic mass is 10.0. The lowest BCUT2D eigenvalue weighted by Gasteiger charge is -2.17. The van der Waals surface area contributed by atoms with Gasteiger partial charge in [0, 0.05) is 17.8 Å². The topological polar surface area (TPSA) is 88.5 Å². The van der Waals surface area contributed by atoms with Crippen molar-refractivity contribution in [2.75, 3.05) is 6.61 Å². The van der Waals surface area contributed by atoms with Gasteiger partial charge in [-0.1, -0.05) is 30.3 Å². The van der Waals surface area contributed by atoms with Crippen LogP contribution in [0.4, 0.5) is 0 Å². The SMILES string of the molecule is O=C(NC1(C(=O)O)CC1)c1ccc2ccccc2c1OCCCc1ccncc1. The Labute approximate surface area is 168 Å². The van der Waals surface area contributed by atoms with E-state index in [0.29, 0.717) is 30.8 Å². The van der Waals surface area contributed by atoms with E-state index in [4.69, 9.17) is 4.74 Å². The van der Waals surface area contributed by atoms with Crippen LogP contribution in [0, 0.1) is 0 Å². The fourth-order valence-corrected chi connectivity index (χ4v) is 3.38. The molecule has 0 unspecified atom stereocenters. The highest BCUT2D eigenvalue weighted by Crippen LogP contribution is 2.37. The van der Waals surface area contributed by atoms with Gasteiger partial charge in [-0.25, -0.2) is 4.79 Å². The number of amides is 1. The molecule has 1 aliphatic carbocycles. The molecular weight excluding hydrogens is 368 g/mol. The van der Waals surface area contributed by atoms with E-state index in [9.17, 15) is 14.7 Å². The Morgan fingerprint density at radius 3 is 2.55 bits per heavy atom. The number of aliphatic carboxylic acids is 1. The second kappa shape index (κ2) is 7.91. The number of pyridine rings is 1. The van der Waals surface area contributed by atoms with E-state index in [1.165, 1.54) is 5.56 Å². The second-order valence-electron chi connectivity index (χ2n) is 7.31. The van der Waals surface area contributed by atoms with Crippen LogP contribution in [0.3, 0.4) is 0 Å². The highest BCUT2D eigenvalue weighted by atomic mass is 16.5. The smallest absolute Gasteiger partial charge is 0.329 e. The number of benzene rings is 2. The van der Waals surface area contributed by atoms with Crippen LogP contribution < -0.4 is 10.1 Å². The molecule has 3 aromatic rings. The molecule has 0 saturated heterocycles. The normalized spacial score (nSPS) is 14.3. The molecule has 0 bridgehead atoms. The Morgan fingerprint density at radius 2 is 1.83 bits per heavy atom. The van der Waals surface area contributed by atoms with Gasteiger partial charge < -0.3 is 15.2 Å². The molecule has 2 aromatic carbocycles. The molecule has 1 aliphatic rings. The Bertz CT molecular complexity index is 1050. The molecule has 6 nitrogen and oxygen atoms in total. The van der Waals surface area contributed by atoms with Crippen LogP contribution in [0.5, 0.6) is 5.75 Å². The summed E-state index contributed by atoms with van der Waals surface area (Å²) in [5.41, 5.74) is 0.401. The second-order valence-corrected chi connectivity index (χ2v) is 7.31. The minimum Gasteiger partial charge on any atom is -0.492 e. The number of carbonyl (C=O) groups excluding carboxylic acids is 1. The molecule has 0 atom stereocenters. The van der Waals surface area contributed by atoms with E-state index < -0.39 is 17.4 Å². The van der Waals surface area contributed by atoms with E-state index >= 15 is 0 Å². The van der Waals surface area contributed by atoms with Crippen LogP contribution in [0.1, 0.15) is 35.2 Å². The zero-order valence-corrected chi connectivity index (χ0v) is 15.9. The molecule has 4 rings (SSSR count). The van der Waals surface area contributed by atoms with Crippen molar-refractivity contribution in [2.45, 2.75) is 31.2 Å². The van der Waals surface area contributed by atoms with Crippen LogP contribution >= 0.6 is 0 Å². The van der Waals surface area contributed by atoms with Crippen LogP contribution in [0.2, 0.25) is 0 Å². The maximum Gasteiger partial charge on any atom is 0.329 e. The first-order valence-corrected chi connectivity index (χ1v) is 9.68. The third kappa shape index (κ3) is 4.06. The van der Waals surface area contributed by atoms with Crippen molar-refractivity contribution < 1.29 is 19.4 Å². The fourth-order valence-electron chi connectivity index (χ4n) is 3.38. The number of aromatic nitrogens is 1. The summed E-state index contributed by atoms with van der Waals surface area (Å²) in [5, 5.41) is 13.9. The van der Waals surface area contributed by atoms with E-state index in [1.807, 2.05) is 42.5 Å². The molecule has 29 heavy (non-hydrogen) atoms. The van der Waals surface area contributed by atoms with E-state index in [-0.39, 0.29) is 0 Å². The molecule has 1 aromatic heterocycles. The zero-order valence-electron chi connectivity index (χ0n) is 15.9. The Kier molecular flexibility index (Phi) is 5.16. The predicted molar refractivity (Wildman–Crippen MR) is 109 cm³/mol. The van der Waals surface area contributed by atoms with Gasteiger partial charge in [0.1, 0.15) is 11.3 Å². The standard InChI is InChI=1S/C23H22N2O4/c26-21(25-23(11-12-23)22(27)28)19-8-7-17-5-1-2-6-18(17)20(19)29-15-3-4-16-9-13-24-14-10-16/h1-2,5-10,13-14H,3-4,11-12,15H2,(H,25,26)(H,27,28). The number of carboxylic acid groups (broad SMARTS) is 1. The molecule has 0 spiro atoms. The maximum atomic E-state index is 12.9. The summed E-state index contributed by atoms with van der Waals surface area (Å²) in [7, 11) is 0. The van der Waals surface area contributed by atoms with Gasteiger partial charge in [0.15, 0.2) is 0 Å². The summed E-state index contributed by atoms with van der Waals surface area (Å²) >= 11 is 0. The van der Waals surface area contributed by atoms with Crippen molar-refractivity contribution in [2.24, 2.45) is 0 Å². The van der Waals surface area contributed by atoms with Crippen molar-refractivity contribution in [3.05, 3.63) is 72.1 Å². The van der Waals surface area contributed by atoms with Crippen molar-refractivity contribution in [3.63, 3.8) is 0 Å². The van der Waals surface area contributed by atoms with Gasteiger partial charge in [0.25, 0.3) is 5.91 Å². The van der Waals surface area contributed by atoms with Gasteiger partial charge >= 0.3 is 5.97 Å². The zero-order chi connectivity index (χ0) is 20.3. The minimum atomic E-state index is -1.14. The average Bonchev–Trinajstić information content (AvgIpc) is 3.52. The predicted octanol–water partition coefficient (Wildman–Crippen LogP) is 3.59. The van der Waals surface area contributed by atoms with Gasteiger partial charge in [-0.15, -0.1) is 0 Å². The lowest BCUT2D eigenvalue weighted by molar-refractivity contribution is -0.140. The first-order chi connectivity index (χ1) is 14.1. The quantitative estimate of drug-likeness (QED) is 0.574. The number of hydrogen-bond donors (Lipinski definition) is 2. The van der Waals surface area contributed by atoms with E-state index in [2.05, 4.69) is 10.3 Å². The molecule has 1 amide bonds. The molecule has 0 radical (unpaired) electrons. The first kappa shape index (κ1) is 18.9. The van der Waals surface area contributed by atoms with Gasteiger partial charge in [-0.3, -0.25) is 9.78 Å². The maximum absolute atomic E-state index is 12.9. The fraction of sp³-hybridized carbons (Fsp3) is 0.261. The molecule has 148 valence electrons. The lowest BCUT2D eigenvalue weighted by Crippen LogP contribution is -2.43. The van der Waals surface area contributed by atoms with Gasteiger partial charge in [-0.05, 0) is 54.8 Å². The number of ether oxygens (including phenoxy) is 1. The van der Waals surface area contributed by atoms with Crippen molar-refractivity contribution in [1.29, 1.82) is 0 Å². The number of nitrogens with zero attached hydrogens (tertiary/aromatic N) is 1. The number of rotatable bonds is 8. The molecule has 2 N–H and O–H groups in total. The Hall–Kier alpha value is -3.41. The van der Waals surface area contributed by atoms with Crippen LogP contribution in [-0.2, 0) is 11.2 Å². The molecule has 1 fully saturated rings. The van der Waals surface area contributed by atoms with Gasteiger partial charge in [-0.2, -0.15) is 0 Å². The van der Waals surface area contributed by atoms with Crippen LogP contribution in [0.15, 0.2) is 60.9 Å². The van der Waals surface area contributed by atoms with Crippen molar-refractivity contribution in [1.82, 2.24) is 10.3 Å². The third-order valence-corrected chi connectivity index (χ3v) is 5.24. The average molecular weight is 390 g/mol. The van der Waals surface area contributed by atoms with Crippen molar-refractivity contribution in [3.8, 4) is 5.75 Å². The summed E-state index contributed by atoms with van der Waals surface area (Å²) < 4.78 is 6.06. The number of aryl methyl sites for hydroxylation is 1. The first-order valence-electron chi connectivity index (χ1n) is 9.68. The molecule has 1 saturated carbocycles. The summed E-state index contributed by atoms with van der Waals surface area (Å²) in [5.74, 6) is -0.914. The van der Waals surface area contributed by atoms with E-state index in [0.717, 1.165) is 23.6 Å². The largest absolute Gasteiger partial charge is 0.492 e. The number of carbonyl (C=O) groups is 2. The summed E-state index contributed by atoms with van der Waals surface area (Å²) in [6.45, 7) is 0.445. The minimum absolute atomic E-state index is 0.361. The monoisotopic (exact) mass is 390 g/mol. The number of nitrogens with one attached hydrogen (secondary N) is 1. The molecule has 6 heteroatoms. The third-order valence-electron chi connectivity index (χ3n) is 5.24. The number of fused-ring (bicyclic) bond motifs is 1. The Balaban J connectivity index is 1.54. The molecule has 1 heterocycles. The van der Waals surface area contributed by atoms with Crippen molar-refractivity contribution >= 4 is 22.6 Å². The highest BCUT2D eigenvalue weighted by Gasteiger charge is 2.51. The van der Waals surface area contributed by atoms with Gasteiger partial charge in [0.2, 0.25) is 0 Å². The summed E-state index contributed by atoms with van der Waals surface area (Å²) in [6.07, 6.45) is 6.05. The Morgan fingerprint density at radius 1 is 1.07 bits per heavy atom. The van der Waals surface area contributed by atoms with Gasteiger partial charge in [0.05, 0.1) is 12.2 Å². The number of hydrogen-bond acceptors (Lipinski definition) is 4.